The van der Waals surface area contributed by atoms with Gasteiger partial charge in [0.2, 0.25) is 0 Å². The average Bonchev–Trinajstić information content (AvgIpc) is 3.05. The minimum absolute atomic E-state index is 0.0760. The predicted octanol–water partition coefficient (Wildman–Crippen LogP) is 11.5. The lowest BCUT2D eigenvalue weighted by Gasteiger charge is -2.41. The van der Waals surface area contributed by atoms with Crippen molar-refractivity contribution in [1.29, 1.82) is 0 Å². The van der Waals surface area contributed by atoms with Crippen LogP contribution in [0.5, 0.6) is 0 Å². The lowest BCUT2D eigenvalue weighted by Crippen LogP contribution is -2.38. The van der Waals surface area contributed by atoms with Gasteiger partial charge in [-0.2, -0.15) is 0 Å². The van der Waals surface area contributed by atoms with Gasteiger partial charge >= 0.3 is 11.9 Å². The van der Waals surface area contributed by atoms with Crippen molar-refractivity contribution in [3.05, 3.63) is 0 Å². The SMILES string of the molecule is CCCCCCCCC1CCC(OC(=O)C2CCC3CC(C(=O)OC4CCC(CCCCCCCC)CC4)CCC3C2)CC1. The van der Waals surface area contributed by atoms with Gasteiger partial charge in [0.05, 0.1) is 11.8 Å². The molecule has 4 atom stereocenters. The topological polar surface area (TPSA) is 52.6 Å². The van der Waals surface area contributed by atoms with E-state index in [1.807, 2.05) is 0 Å². The maximum Gasteiger partial charge on any atom is 0.309 e. The second-order valence-electron chi connectivity index (χ2n) is 15.8. The van der Waals surface area contributed by atoms with Crippen LogP contribution in [0.2, 0.25) is 0 Å². The van der Waals surface area contributed by atoms with E-state index in [-0.39, 0.29) is 36.0 Å². The maximum atomic E-state index is 13.2. The molecule has 4 fully saturated rings. The Morgan fingerprint density at radius 3 is 1.20 bits per heavy atom. The third kappa shape index (κ3) is 12.3. The third-order valence-corrected chi connectivity index (χ3v) is 12.4. The van der Waals surface area contributed by atoms with E-state index in [0.29, 0.717) is 11.8 Å². The number of hydrogen-bond donors (Lipinski definition) is 0. The molecule has 4 nitrogen and oxygen atoms in total. The van der Waals surface area contributed by atoms with E-state index >= 15 is 0 Å². The Hall–Kier alpha value is -1.06. The van der Waals surface area contributed by atoms with E-state index in [9.17, 15) is 9.59 Å². The molecule has 4 aliphatic carbocycles. The van der Waals surface area contributed by atoms with Crippen molar-refractivity contribution in [1.82, 2.24) is 0 Å². The van der Waals surface area contributed by atoms with Crippen LogP contribution in [0.1, 0.15) is 194 Å². The molecule has 44 heavy (non-hydrogen) atoms. The normalized spacial score (nSPS) is 32.5. The van der Waals surface area contributed by atoms with E-state index < -0.39 is 0 Å². The van der Waals surface area contributed by atoms with Crippen LogP contribution in [-0.4, -0.2) is 24.1 Å². The van der Waals surface area contributed by atoms with E-state index in [1.165, 1.54) is 116 Å². The molecule has 0 bridgehead atoms. The summed E-state index contributed by atoms with van der Waals surface area (Å²) < 4.78 is 12.2. The predicted molar refractivity (Wildman–Crippen MR) is 181 cm³/mol. The van der Waals surface area contributed by atoms with Crippen LogP contribution >= 0.6 is 0 Å². The summed E-state index contributed by atoms with van der Waals surface area (Å²) in [6.07, 6.45) is 34.8. The molecule has 0 N–H and O–H groups in total. The Labute approximate surface area is 271 Å². The van der Waals surface area contributed by atoms with Crippen LogP contribution in [0.15, 0.2) is 0 Å². The largest absolute Gasteiger partial charge is 0.462 e. The van der Waals surface area contributed by atoms with Crippen molar-refractivity contribution in [2.75, 3.05) is 0 Å². The summed E-state index contributed by atoms with van der Waals surface area (Å²) in [4.78, 5) is 26.3. The van der Waals surface area contributed by atoms with Crippen LogP contribution in [0.3, 0.4) is 0 Å². The smallest absolute Gasteiger partial charge is 0.309 e. The van der Waals surface area contributed by atoms with Crippen molar-refractivity contribution in [3.63, 3.8) is 0 Å². The highest BCUT2D eigenvalue weighted by atomic mass is 16.5. The minimum atomic E-state index is 0.0760. The van der Waals surface area contributed by atoms with E-state index in [2.05, 4.69) is 13.8 Å². The molecule has 0 aromatic rings. The number of carbonyl (C=O) groups excluding carboxylic acids is 2. The Morgan fingerprint density at radius 1 is 0.455 bits per heavy atom. The maximum absolute atomic E-state index is 13.2. The van der Waals surface area contributed by atoms with Gasteiger partial charge in [0.1, 0.15) is 12.2 Å². The quantitative estimate of drug-likeness (QED) is 0.114. The molecular weight excluding hydrogens is 544 g/mol. The standard InChI is InChI=1S/C40H70O4/c1-3-5-7-9-11-13-15-31-17-25-37(26-18-31)43-39(41)35-23-21-34-30-36(24-22-33(34)29-35)40(42)44-38-27-19-32(20-28-38)16-14-12-10-8-6-4-2/h31-38H,3-30H2,1-2H3. The van der Waals surface area contributed by atoms with Gasteiger partial charge in [-0.3, -0.25) is 9.59 Å². The summed E-state index contributed by atoms with van der Waals surface area (Å²) in [7, 11) is 0. The Kier molecular flexibility index (Phi) is 16.5. The fraction of sp³-hybridized carbons (Fsp3) is 0.950. The first kappa shape index (κ1) is 35.8. The molecule has 4 rings (SSSR count). The number of fused-ring (bicyclic) bond motifs is 1. The highest BCUT2D eigenvalue weighted by Gasteiger charge is 2.41. The molecular formula is C40H70O4. The number of carbonyl (C=O) groups is 2. The van der Waals surface area contributed by atoms with Crippen LogP contribution in [0.25, 0.3) is 0 Å². The van der Waals surface area contributed by atoms with Gasteiger partial charge in [-0.25, -0.2) is 0 Å². The van der Waals surface area contributed by atoms with Crippen LogP contribution < -0.4 is 0 Å². The number of ether oxygens (including phenoxy) is 2. The molecule has 4 heteroatoms. The first-order valence-electron chi connectivity index (χ1n) is 20.0. The van der Waals surface area contributed by atoms with Gasteiger partial charge in [0.25, 0.3) is 0 Å². The molecule has 0 heterocycles. The molecule has 254 valence electrons. The number of unbranched alkanes of at least 4 members (excludes halogenated alkanes) is 10. The molecule has 4 saturated carbocycles. The van der Waals surface area contributed by atoms with Crippen LogP contribution in [0, 0.1) is 35.5 Å². The summed E-state index contributed by atoms with van der Waals surface area (Å²) in [5.41, 5.74) is 0. The first-order chi connectivity index (χ1) is 21.6. The van der Waals surface area contributed by atoms with Crippen molar-refractivity contribution in [3.8, 4) is 0 Å². The molecule has 0 saturated heterocycles. The second kappa shape index (κ2) is 20.2. The zero-order valence-corrected chi connectivity index (χ0v) is 29.1. The van der Waals surface area contributed by atoms with Crippen molar-refractivity contribution in [2.45, 2.75) is 206 Å². The van der Waals surface area contributed by atoms with Gasteiger partial charge in [-0.15, -0.1) is 0 Å². The second-order valence-corrected chi connectivity index (χ2v) is 15.8. The average molecular weight is 615 g/mol. The van der Waals surface area contributed by atoms with E-state index in [0.717, 1.165) is 76.0 Å². The van der Waals surface area contributed by atoms with Crippen LogP contribution in [0.4, 0.5) is 0 Å². The van der Waals surface area contributed by atoms with Gasteiger partial charge in [-0.05, 0) is 114 Å². The molecule has 0 spiro atoms. The molecule has 4 unspecified atom stereocenters. The summed E-state index contributed by atoms with van der Waals surface area (Å²) in [5, 5.41) is 0. The Balaban J connectivity index is 1.06. The Morgan fingerprint density at radius 2 is 0.818 bits per heavy atom. The molecule has 0 aliphatic heterocycles. The molecule has 4 aliphatic rings. The first-order valence-corrected chi connectivity index (χ1v) is 20.0. The zero-order valence-electron chi connectivity index (χ0n) is 29.1. The highest BCUT2D eigenvalue weighted by molar-refractivity contribution is 5.73. The molecule has 0 radical (unpaired) electrons. The fourth-order valence-electron chi connectivity index (χ4n) is 9.34. The number of rotatable bonds is 18. The number of esters is 2. The minimum Gasteiger partial charge on any atom is -0.462 e. The molecule has 0 amide bonds. The highest BCUT2D eigenvalue weighted by Crippen LogP contribution is 2.46. The van der Waals surface area contributed by atoms with Crippen molar-refractivity contribution < 1.29 is 19.1 Å². The van der Waals surface area contributed by atoms with E-state index in [4.69, 9.17) is 9.47 Å². The molecule has 0 aromatic carbocycles. The van der Waals surface area contributed by atoms with E-state index in [1.54, 1.807) is 0 Å². The van der Waals surface area contributed by atoms with Gasteiger partial charge in [0, 0.05) is 0 Å². The van der Waals surface area contributed by atoms with Crippen molar-refractivity contribution in [2.24, 2.45) is 35.5 Å². The summed E-state index contributed by atoms with van der Waals surface area (Å²) in [6, 6.07) is 0. The van der Waals surface area contributed by atoms with Gasteiger partial charge < -0.3 is 9.47 Å². The Bertz CT molecular complexity index is 727. The number of hydrogen-bond acceptors (Lipinski definition) is 4. The summed E-state index contributed by atoms with van der Waals surface area (Å²) >= 11 is 0. The third-order valence-electron chi connectivity index (χ3n) is 12.4. The summed E-state index contributed by atoms with van der Waals surface area (Å²) in [6.45, 7) is 4.56. The van der Waals surface area contributed by atoms with Crippen LogP contribution in [-0.2, 0) is 19.1 Å². The lowest BCUT2D eigenvalue weighted by molar-refractivity contribution is -0.162. The monoisotopic (exact) mass is 615 g/mol. The molecule has 0 aromatic heterocycles. The lowest BCUT2D eigenvalue weighted by atomic mass is 9.65. The van der Waals surface area contributed by atoms with Gasteiger partial charge in [-0.1, -0.05) is 104 Å². The van der Waals surface area contributed by atoms with Gasteiger partial charge in [0.15, 0.2) is 0 Å². The zero-order chi connectivity index (χ0) is 31.0. The fourth-order valence-corrected chi connectivity index (χ4v) is 9.34. The summed E-state index contributed by atoms with van der Waals surface area (Å²) in [5.74, 6) is 3.16. The van der Waals surface area contributed by atoms with Crippen molar-refractivity contribution >= 4 is 11.9 Å².